The van der Waals surface area contributed by atoms with Crippen LogP contribution in [0.5, 0.6) is 0 Å². The molecule has 0 bridgehead atoms. The maximum atomic E-state index is 13.0. The van der Waals surface area contributed by atoms with Gasteiger partial charge in [-0.25, -0.2) is 0 Å². The topological polar surface area (TPSA) is 78.9 Å². The number of hydrogen-bond donors (Lipinski definition) is 0. The van der Waals surface area contributed by atoms with Gasteiger partial charge in [-0.1, -0.05) is 290 Å². The van der Waals surface area contributed by atoms with Gasteiger partial charge in [0, 0.05) is 19.3 Å². The van der Waals surface area contributed by atoms with E-state index < -0.39 is 6.10 Å². The van der Waals surface area contributed by atoms with Crippen molar-refractivity contribution in [2.24, 2.45) is 0 Å². The van der Waals surface area contributed by atoms with Crippen LogP contribution in [0.1, 0.15) is 316 Å². The number of carbonyl (C=O) groups excluding carboxylic acids is 3. The zero-order valence-corrected chi connectivity index (χ0v) is 53.0. The number of rotatable bonds is 61. The van der Waals surface area contributed by atoms with Gasteiger partial charge in [0.05, 0.1) is 0 Å². The van der Waals surface area contributed by atoms with Crippen LogP contribution < -0.4 is 0 Å². The van der Waals surface area contributed by atoms with E-state index in [2.05, 4.69) is 142 Å². The lowest BCUT2D eigenvalue weighted by Gasteiger charge is -2.18. The van der Waals surface area contributed by atoms with E-state index in [0.29, 0.717) is 19.3 Å². The Bertz CT molecular complexity index is 1670. The minimum atomic E-state index is -0.802. The Kier molecular flexibility index (Phi) is 64.8. The van der Waals surface area contributed by atoms with Gasteiger partial charge in [-0.15, -0.1) is 0 Å². The smallest absolute Gasteiger partial charge is 0.306 e. The number of carbonyl (C=O) groups is 3. The molecule has 0 radical (unpaired) electrons. The van der Waals surface area contributed by atoms with E-state index >= 15 is 0 Å². The fraction of sp³-hybridized carbons (Fsp3) is 0.693. The van der Waals surface area contributed by atoms with Crippen molar-refractivity contribution in [1.82, 2.24) is 0 Å². The Morgan fingerprint density at radius 2 is 0.481 bits per heavy atom. The Morgan fingerprint density at radius 3 is 0.778 bits per heavy atom. The van der Waals surface area contributed by atoms with Gasteiger partial charge in [-0.05, 0) is 128 Å². The molecule has 0 aromatic heterocycles. The zero-order chi connectivity index (χ0) is 58.5. The highest BCUT2D eigenvalue weighted by molar-refractivity contribution is 5.71. The second-order valence-electron chi connectivity index (χ2n) is 22.3. The van der Waals surface area contributed by atoms with Crippen molar-refractivity contribution in [3.63, 3.8) is 0 Å². The first kappa shape index (κ1) is 76.8. The molecule has 0 aromatic rings. The fourth-order valence-electron chi connectivity index (χ4n) is 9.40. The number of allylic oxidation sites excluding steroid dienone is 20. The summed E-state index contributed by atoms with van der Waals surface area (Å²) in [6.45, 7) is 6.41. The van der Waals surface area contributed by atoms with Crippen molar-refractivity contribution in [1.29, 1.82) is 0 Å². The van der Waals surface area contributed by atoms with E-state index in [1.807, 2.05) is 0 Å². The van der Waals surface area contributed by atoms with E-state index in [1.54, 1.807) is 0 Å². The molecule has 81 heavy (non-hydrogen) atoms. The number of unbranched alkanes of at least 4 members (excludes halogenated alkanes) is 30. The summed E-state index contributed by atoms with van der Waals surface area (Å²) < 4.78 is 17.0. The Balaban J connectivity index is 4.44. The van der Waals surface area contributed by atoms with Crippen molar-refractivity contribution in [3.05, 3.63) is 122 Å². The quantitative estimate of drug-likeness (QED) is 0.0261. The first-order valence-electron chi connectivity index (χ1n) is 34.0. The summed E-state index contributed by atoms with van der Waals surface area (Å²) in [6.07, 6.45) is 94.9. The second kappa shape index (κ2) is 68.3. The van der Waals surface area contributed by atoms with Crippen LogP contribution >= 0.6 is 0 Å². The summed E-state index contributed by atoms with van der Waals surface area (Å²) in [5.41, 5.74) is 0. The molecule has 6 heteroatoms. The van der Waals surface area contributed by atoms with Crippen LogP contribution in [0.4, 0.5) is 0 Å². The largest absolute Gasteiger partial charge is 0.462 e. The van der Waals surface area contributed by atoms with Crippen molar-refractivity contribution >= 4 is 17.9 Å². The third-order valence-electron chi connectivity index (χ3n) is 14.4. The van der Waals surface area contributed by atoms with Gasteiger partial charge in [0.2, 0.25) is 0 Å². The molecule has 0 aliphatic rings. The SMILES string of the molecule is CC/C=C\C/C=C\C/C=C\C/C=C\C/C=C\CCCCCC(=O)OCC(COC(=O)CCCCCCCCCCCCC/C=C\CCCCCCCCCC)OC(=O)CCCCCCCCCC/C=C\C/C=C\C/C=C\C/C=C\CC. The number of hydrogen-bond acceptors (Lipinski definition) is 6. The predicted molar refractivity (Wildman–Crippen MR) is 353 cm³/mol. The maximum Gasteiger partial charge on any atom is 0.306 e. The van der Waals surface area contributed by atoms with Gasteiger partial charge >= 0.3 is 17.9 Å². The van der Waals surface area contributed by atoms with Gasteiger partial charge in [-0.3, -0.25) is 14.4 Å². The van der Waals surface area contributed by atoms with Crippen LogP contribution in [0.15, 0.2) is 122 Å². The standard InChI is InChI=1S/C75H126O6/c1-4-7-10-13-16-19-22-25-28-31-34-36-37-39-41-44-47-50-53-56-59-62-65-68-74(77)80-71-72(70-79-73(76)67-64-61-58-55-52-49-46-43-40-33-30-27-24-21-18-15-12-9-6-3)81-75(78)69-66-63-60-57-54-51-48-45-42-38-35-32-29-26-23-20-17-14-11-8-5-2/h8-9,11-12,17-18,20-21,26-27,29-31,34-35,38,40,43,49,52,72H,4-7,10,13-16,19,22-25,28,32-33,36-37,39,41-42,44-48,50-51,53-71H2,1-3H3/b11-8-,12-9-,20-17-,21-18-,29-26-,30-27-,34-31-,38-35-,43-40-,52-49-. The average molecular weight is 1120 g/mol. The molecule has 462 valence electrons. The molecule has 0 aliphatic carbocycles. The molecular formula is C75H126O6. The van der Waals surface area contributed by atoms with Crippen molar-refractivity contribution < 1.29 is 28.6 Å². The molecule has 0 aliphatic heterocycles. The second-order valence-corrected chi connectivity index (χ2v) is 22.3. The Labute approximate surface area is 501 Å². The third-order valence-corrected chi connectivity index (χ3v) is 14.4. The van der Waals surface area contributed by atoms with Gasteiger partial charge < -0.3 is 14.2 Å². The summed E-state index contributed by atoms with van der Waals surface area (Å²) in [5, 5.41) is 0. The van der Waals surface area contributed by atoms with E-state index in [4.69, 9.17) is 14.2 Å². The van der Waals surface area contributed by atoms with Gasteiger partial charge in [0.25, 0.3) is 0 Å². The lowest BCUT2D eigenvalue weighted by atomic mass is 10.0. The highest BCUT2D eigenvalue weighted by atomic mass is 16.6. The monoisotopic (exact) mass is 1120 g/mol. The van der Waals surface area contributed by atoms with E-state index in [-0.39, 0.29) is 31.1 Å². The lowest BCUT2D eigenvalue weighted by Crippen LogP contribution is -2.30. The van der Waals surface area contributed by atoms with Crippen LogP contribution in [0.25, 0.3) is 0 Å². The van der Waals surface area contributed by atoms with Crippen molar-refractivity contribution in [3.8, 4) is 0 Å². The fourth-order valence-corrected chi connectivity index (χ4v) is 9.40. The predicted octanol–water partition coefficient (Wildman–Crippen LogP) is 23.6. The van der Waals surface area contributed by atoms with Crippen molar-refractivity contribution in [2.45, 2.75) is 322 Å². The molecule has 0 aromatic carbocycles. The highest BCUT2D eigenvalue weighted by Crippen LogP contribution is 2.16. The minimum Gasteiger partial charge on any atom is -0.462 e. The van der Waals surface area contributed by atoms with Crippen LogP contribution in [0.3, 0.4) is 0 Å². The summed E-state index contributed by atoms with van der Waals surface area (Å²) in [5.74, 6) is -0.927. The van der Waals surface area contributed by atoms with Crippen LogP contribution in [-0.2, 0) is 28.6 Å². The molecule has 6 nitrogen and oxygen atoms in total. The minimum absolute atomic E-state index is 0.0938. The van der Waals surface area contributed by atoms with Crippen molar-refractivity contribution in [2.75, 3.05) is 13.2 Å². The first-order valence-corrected chi connectivity index (χ1v) is 34.0. The van der Waals surface area contributed by atoms with E-state index in [1.165, 1.54) is 148 Å². The molecule has 0 saturated carbocycles. The number of esters is 3. The zero-order valence-electron chi connectivity index (χ0n) is 53.0. The molecule has 0 N–H and O–H groups in total. The highest BCUT2D eigenvalue weighted by Gasteiger charge is 2.19. The van der Waals surface area contributed by atoms with Crippen LogP contribution in [0, 0.1) is 0 Å². The lowest BCUT2D eigenvalue weighted by molar-refractivity contribution is -0.167. The normalized spacial score (nSPS) is 12.9. The molecule has 0 spiro atoms. The molecule has 0 fully saturated rings. The summed E-state index contributed by atoms with van der Waals surface area (Å²) in [6, 6.07) is 0. The van der Waals surface area contributed by atoms with Gasteiger partial charge in [0.15, 0.2) is 6.10 Å². The number of ether oxygens (including phenoxy) is 3. The van der Waals surface area contributed by atoms with Crippen LogP contribution in [0.2, 0.25) is 0 Å². The molecule has 1 atom stereocenters. The van der Waals surface area contributed by atoms with E-state index in [9.17, 15) is 14.4 Å². The Hall–Kier alpha value is -4.19. The molecule has 0 rings (SSSR count). The average Bonchev–Trinajstić information content (AvgIpc) is 3.47. The summed E-state index contributed by atoms with van der Waals surface area (Å²) >= 11 is 0. The maximum absolute atomic E-state index is 13.0. The molecule has 1 unspecified atom stereocenters. The van der Waals surface area contributed by atoms with Gasteiger partial charge in [-0.2, -0.15) is 0 Å². The summed E-state index contributed by atoms with van der Waals surface area (Å²) in [7, 11) is 0. The molecule has 0 saturated heterocycles. The van der Waals surface area contributed by atoms with E-state index in [0.717, 1.165) is 128 Å². The van der Waals surface area contributed by atoms with Gasteiger partial charge in [0.1, 0.15) is 13.2 Å². The third kappa shape index (κ3) is 66.5. The summed E-state index contributed by atoms with van der Waals surface area (Å²) in [4.78, 5) is 38.5. The molecular weight excluding hydrogens is 997 g/mol. The van der Waals surface area contributed by atoms with Crippen LogP contribution in [-0.4, -0.2) is 37.2 Å². The molecule has 0 amide bonds. The Morgan fingerprint density at radius 1 is 0.259 bits per heavy atom. The first-order chi connectivity index (χ1) is 40.0. The molecule has 0 heterocycles.